The van der Waals surface area contributed by atoms with Gasteiger partial charge in [-0.2, -0.15) is 6.07 Å². The summed E-state index contributed by atoms with van der Waals surface area (Å²) in [5.41, 5.74) is 3.36. The molecule has 3 nitrogen and oxygen atoms in total. The minimum atomic E-state index is 0. The maximum atomic E-state index is 4.40. The van der Waals surface area contributed by atoms with E-state index in [1.165, 1.54) is 5.56 Å². The van der Waals surface area contributed by atoms with Gasteiger partial charge in [0.1, 0.15) is 0 Å². The average molecular weight is 429 g/mol. The van der Waals surface area contributed by atoms with Crippen LogP contribution in [0, 0.1) is 6.07 Å². The SMILES string of the molecule is Cn1ccnc1-c1[c-]cn(C)c1-c1ccccc1.[Ir]. The van der Waals surface area contributed by atoms with Crippen LogP contribution < -0.4 is 0 Å². The van der Waals surface area contributed by atoms with Crippen LogP contribution in [0.15, 0.2) is 48.9 Å². The Bertz CT molecular complexity index is 668. The molecule has 19 heavy (non-hydrogen) atoms. The first kappa shape index (κ1) is 13.8. The van der Waals surface area contributed by atoms with Crippen molar-refractivity contribution in [2.45, 2.75) is 0 Å². The molecule has 0 N–H and O–H groups in total. The summed E-state index contributed by atoms with van der Waals surface area (Å²) in [6.07, 6.45) is 5.71. The third-order valence-electron chi connectivity index (χ3n) is 3.08. The Labute approximate surface area is 126 Å². The summed E-state index contributed by atoms with van der Waals surface area (Å²) < 4.78 is 4.09. The molecule has 1 radical (unpaired) electrons. The van der Waals surface area contributed by atoms with Gasteiger partial charge in [0, 0.05) is 38.3 Å². The third kappa shape index (κ3) is 2.42. The van der Waals surface area contributed by atoms with E-state index in [0.29, 0.717) is 0 Å². The van der Waals surface area contributed by atoms with Crippen molar-refractivity contribution < 1.29 is 20.1 Å². The quantitative estimate of drug-likeness (QED) is 0.576. The van der Waals surface area contributed by atoms with E-state index in [1.807, 2.05) is 55.5 Å². The molecule has 0 spiro atoms. The molecule has 0 aliphatic rings. The Hall–Kier alpha value is -1.64. The Morgan fingerprint density at radius 3 is 2.42 bits per heavy atom. The summed E-state index contributed by atoms with van der Waals surface area (Å²) in [6, 6.07) is 13.6. The van der Waals surface area contributed by atoms with Gasteiger partial charge in [0.15, 0.2) is 0 Å². The van der Waals surface area contributed by atoms with Gasteiger partial charge >= 0.3 is 0 Å². The van der Waals surface area contributed by atoms with Gasteiger partial charge in [0.25, 0.3) is 0 Å². The van der Waals surface area contributed by atoms with Crippen LogP contribution in [0.4, 0.5) is 0 Å². The number of hydrogen-bond donors (Lipinski definition) is 0. The van der Waals surface area contributed by atoms with Crippen molar-refractivity contribution in [2.24, 2.45) is 14.1 Å². The molecule has 0 aliphatic heterocycles. The standard InChI is InChI=1S/C15H14N3.Ir/c1-17-10-8-13(15-16-9-11-18(15)2)14(17)12-6-4-3-5-7-12;/h3-7,9-11H,1-2H3;/q-1;. The Balaban J connectivity index is 0.00000133. The zero-order valence-corrected chi connectivity index (χ0v) is 13.2. The number of aryl methyl sites for hydroxylation is 2. The second-order valence-corrected chi connectivity index (χ2v) is 4.34. The molecule has 0 saturated carbocycles. The molecule has 0 fully saturated rings. The minimum absolute atomic E-state index is 0. The van der Waals surface area contributed by atoms with Crippen molar-refractivity contribution in [1.82, 2.24) is 14.1 Å². The smallest absolute Gasteiger partial charge is 0.0295 e. The molecule has 0 unspecified atom stereocenters. The van der Waals surface area contributed by atoms with Gasteiger partial charge in [-0.1, -0.05) is 47.8 Å². The first-order valence-electron chi connectivity index (χ1n) is 5.87. The number of hydrogen-bond acceptors (Lipinski definition) is 1. The van der Waals surface area contributed by atoms with E-state index >= 15 is 0 Å². The van der Waals surface area contributed by atoms with Crippen molar-refractivity contribution in [3.63, 3.8) is 0 Å². The monoisotopic (exact) mass is 429 g/mol. The predicted octanol–water partition coefficient (Wildman–Crippen LogP) is 2.89. The van der Waals surface area contributed by atoms with Crippen LogP contribution in [0.2, 0.25) is 0 Å². The van der Waals surface area contributed by atoms with E-state index in [4.69, 9.17) is 0 Å². The van der Waals surface area contributed by atoms with Gasteiger partial charge in [-0.3, -0.25) is 0 Å². The molecule has 0 saturated heterocycles. The maximum absolute atomic E-state index is 4.40. The molecular formula is C15H14IrN3-. The van der Waals surface area contributed by atoms with Crippen LogP contribution >= 0.6 is 0 Å². The molecular weight excluding hydrogens is 414 g/mol. The van der Waals surface area contributed by atoms with Crippen molar-refractivity contribution in [3.8, 4) is 22.6 Å². The van der Waals surface area contributed by atoms with Crippen LogP contribution in [0.5, 0.6) is 0 Å². The first-order chi connectivity index (χ1) is 8.77. The molecule has 4 heteroatoms. The van der Waals surface area contributed by atoms with Crippen molar-refractivity contribution in [2.75, 3.05) is 0 Å². The normalized spacial score (nSPS) is 10.2. The number of aromatic nitrogens is 3. The molecule has 0 atom stereocenters. The van der Waals surface area contributed by atoms with Crippen LogP contribution in [0.1, 0.15) is 0 Å². The zero-order chi connectivity index (χ0) is 12.5. The van der Waals surface area contributed by atoms with Gasteiger partial charge in [-0.05, 0) is 14.1 Å². The molecule has 3 aromatic rings. The number of rotatable bonds is 2. The summed E-state index contributed by atoms with van der Waals surface area (Å²) >= 11 is 0. The minimum Gasteiger partial charge on any atom is -0.413 e. The fourth-order valence-electron chi connectivity index (χ4n) is 2.19. The number of imidazole rings is 1. The fraction of sp³-hybridized carbons (Fsp3) is 0.133. The summed E-state index contributed by atoms with van der Waals surface area (Å²) in [7, 11) is 4.03. The molecule has 99 valence electrons. The van der Waals surface area contributed by atoms with Gasteiger partial charge in [-0.15, -0.1) is 5.56 Å². The number of nitrogens with zero attached hydrogens (tertiary/aromatic N) is 3. The Morgan fingerprint density at radius 2 is 1.79 bits per heavy atom. The number of benzene rings is 1. The van der Waals surface area contributed by atoms with Gasteiger partial charge in [-0.25, -0.2) is 0 Å². The predicted molar refractivity (Wildman–Crippen MR) is 71.9 cm³/mol. The molecule has 0 amide bonds. The summed E-state index contributed by atoms with van der Waals surface area (Å²) in [6.45, 7) is 0. The van der Waals surface area contributed by atoms with Crippen molar-refractivity contribution in [3.05, 3.63) is 55.0 Å². The molecule has 0 aliphatic carbocycles. The van der Waals surface area contributed by atoms with Gasteiger partial charge in [0.05, 0.1) is 0 Å². The summed E-state index contributed by atoms with van der Waals surface area (Å²) in [4.78, 5) is 4.40. The molecule has 2 heterocycles. The zero-order valence-electron chi connectivity index (χ0n) is 10.8. The van der Waals surface area contributed by atoms with Crippen LogP contribution in [0.3, 0.4) is 0 Å². The van der Waals surface area contributed by atoms with E-state index in [1.54, 1.807) is 0 Å². The molecule has 1 aromatic carbocycles. The first-order valence-corrected chi connectivity index (χ1v) is 5.87. The molecule has 3 rings (SSSR count). The Morgan fingerprint density at radius 1 is 1.05 bits per heavy atom. The van der Waals surface area contributed by atoms with E-state index in [-0.39, 0.29) is 20.1 Å². The average Bonchev–Trinajstić information content (AvgIpc) is 2.96. The second kappa shape index (κ2) is 5.55. The molecule has 2 aromatic heterocycles. The third-order valence-corrected chi connectivity index (χ3v) is 3.08. The van der Waals surface area contributed by atoms with E-state index in [2.05, 4.69) is 27.8 Å². The summed E-state index contributed by atoms with van der Waals surface area (Å²) in [5.74, 6) is 0.939. The van der Waals surface area contributed by atoms with Crippen molar-refractivity contribution >= 4 is 0 Å². The van der Waals surface area contributed by atoms with E-state index in [9.17, 15) is 0 Å². The van der Waals surface area contributed by atoms with Crippen molar-refractivity contribution in [1.29, 1.82) is 0 Å². The van der Waals surface area contributed by atoms with Crippen LogP contribution in [-0.4, -0.2) is 14.1 Å². The van der Waals surface area contributed by atoms with E-state index < -0.39 is 0 Å². The molecule has 0 bridgehead atoms. The van der Waals surface area contributed by atoms with E-state index in [0.717, 1.165) is 17.1 Å². The van der Waals surface area contributed by atoms with Gasteiger partial charge < -0.3 is 14.1 Å². The summed E-state index contributed by atoms with van der Waals surface area (Å²) in [5, 5.41) is 0. The van der Waals surface area contributed by atoms with Gasteiger partial charge in [0.2, 0.25) is 0 Å². The maximum Gasteiger partial charge on any atom is 0.0295 e. The second-order valence-electron chi connectivity index (χ2n) is 4.34. The fourth-order valence-corrected chi connectivity index (χ4v) is 2.19. The van der Waals surface area contributed by atoms with Crippen LogP contribution in [0.25, 0.3) is 22.6 Å². The largest absolute Gasteiger partial charge is 0.413 e. The van der Waals surface area contributed by atoms with Crippen LogP contribution in [-0.2, 0) is 34.2 Å². The Kier molecular flexibility index (Phi) is 4.03. The topological polar surface area (TPSA) is 22.8 Å².